The van der Waals surface area contributed by atoms with Crippen molar-refractivity contribution in [2.45, 2.75) is 25.4 Å². The Morgan fingerprint density at radius 3 is 2.52 bits per heavy atom. The molecule has 0 aliphatic heterocycles. The summed E-state index contributed by atoms with van der Waals surface area (Å²) in [5, 5.41) is 9.07. The van der Waals surface area contributed by atoms with Crippen LogP contribution in [0.25, 0.3) is 0 Å². The summed E-state index contributed by atoms with van der Waals surface area (Å²) >= 11 is 0. The molecule has 118 valence electrons. The van der Waals surface area contributed by atoms with E-state index in [1.54, 1.807) is 6.07 Å². The van der Waals surface area contributed by atoms with E-state index in [0.29, 0.717) is 0 Å². The summed E-state index contributed by atoms with van der Waals surface area (Å²) < 4.78 is 53.4. The molecule has 1 aromatic rings. The lowest BCUT2D eigenvalue weighted by atomic mass is 9.95. The Bertz CT molecular complexity index is 460. The van der Waals surface area contributed by atoms with Crippen LogP contribution < -0.4 is 0 Å². The summed E-state index contributed by atoms with van der Waals surface area (Å²) in [7, 11) is 0. The van der Waals surface area contributed by atoms with Crippen molar-refractivity contribution in [3.8, 4) is 0 Å². The van der Waals surface area contributed by atoms with Gasteiger partial charge in [-0.25, -0.2) is 4.39 Å². The van der Waals surface area contributed by atoms with Gasteiger partial charge in [0.1, 0.15) is 12.4 Å². The number of halogens is 4. The van der Waals surface area contributed by atoms with Crippen LogP contribution in [0.15, 0.2) is 24.3 Å². The van der Waals surface area contributed by atoms with Gasteiger partial charge < -0.3 is 9.84 Å². The number of hydrogen-bond acceptors (Lipinski definition) is 2. The first kappa shape index (κ1) is 17.4. The second-order valence-corrected chi connectivity index (χ2v) is 4.64. The minimum absolute atomic E-state index is 0.00127. The van der Waals surface area contributed by atoms with Crippen LogP contribution >= 0.6 is 0 Å². The van der Waals surface area contributed by atoms with Gasteiger partial charge in [-0.2, -0.15) is 13.2 Å². The van der Waals surface area contributed by atoms with E-state index in [9.17, 15) is 22.4 Å². The van der Waals surface area contributed by atoms with E-state index in [0.717, 1.165) is 0 Å². The van der Waals surface area contributed by atoms with Crippen LogP contribution in [0.3, 0.4) is 0 Å². The quantitative estimate of drug-likeness (QED) is 0.591. The number of benzene rings is 1. The van der Waals surface area contributed by atoms with Gasteiger partial charge in [0.25, 0.3) is 0 Å². The largest absolute Gasteiger partial charge is 0.481 e. The molecule has 1 atom stereocenters. The SMILES string of the molecule is O=C(O)C(CCCOCC(F)(F)F)Cc1ccccc1F. The second kappa shape index (κ2) is 7.97. The first-order chi connectivity index (χ1) is 9.79. The zero-order valence-corrected chi connectivity index (χ0v) is 11.2. The molecule has 0 radical (unpaired) electrons. The summed E-state index contributed by atoms with van der Waals surface area (Å²) in [4.78, 5) is 11.1. The van der Waals surface area contributed by atoms with Crippen LogP contribution in [0.1, 0.15) is 18.4 Å². The highest BCUT2D eigenvalue weighted by Crippen LogP contribution is 2.18. The van der Waals surface area contributed by atoms with Crippen LogP contribution in [-0.4, -0.2) is 30.5 Å². The molecule has 21 heavy (non-hydrogen) atoms. The highest BCUT2D eigenvalue weighted by atomic mass is 19.4. The molecule has 7 heteroatoms. The summed E-state index contributed by atoms with van der Waals surface area (Å²) in [5.41, 5.74) is 0.279. The predicted octanol–water partition coefficient (Wildman–Crippen LogP) is 3.43. The third kappa shape index (κ3) is 7.08. The zero-order valence-electron chi connectivity index (χ0n) is 11.2. The van der Waals surface area contributed by atoms with Crippen LogP contribution in [0, 0.1) is 11.7 Å². The Kier molecular flexibility index (Phi) is 6.61. The van der Waals surface area contributed by atoms with E-state index in [4.69, 9.17) is 5.11 Å². The molecule has 3 nitrogen and oxygen atoms in total. The lowest BCUT2D eigenvalue weighted by Crippen LogP contribution is -2.20. The number of carboxylic acid groups (broad SMARTS) is 1. The fourth-order valence-corrected chi connectivity index (χ4v) is 1.86. The normalized spacial score (nSPS) is 13.1. The Labute approximate surface area is 119 Å². The fourth-order valence-electron chi connectivity index (χ4n) is 1.86. The van der Waals surface area contributed by atoms with Crippen molar-refractivity contribution in [2.75, 3.05) is 13.2 Å². The summed E-state index contributed by atoms with van der Waals surface area (Å²) in [6, 6.07) is 5.83. The molecule has 1 N–H and O–H groups in total. The Hall–Kier alpha value is -1.63. The first-order valence-corrected chi connectivity index (χ1v) is 6.40. The molecule has 1 rings (SSSR count). The smallest absolute Gasteiger partial charge is 0.411 e. The van der Waals surface area contributed by atoms with Gasteiger partial charge in [0.15, 0.2) is 0 Å². The van der Waals surface area contributed by atoms with Gasteiger partial charge in [-0.1, -0.05) is 18.2 Å². The fraction of sp³-hybridized carbons (Fsp3) is 0.500. The van der Waals surface area contributed by atoms with Gasteiger partial charge in [0, 0.05) is 6.61 Å². The maximum absolute atomic E-state index is 13.4. The summed E-state index contributed by atoms with van der Waals surface area (Å²) in [6.45, 7) is -1.53. The van der Waals surface area contributed by atoms with Crippen molar-refractivity contribution in [3.63, 3.8) is 0 Å². The van der Waals surface area contributed by atoms with Gasteiger partial charge in [-0.15, -0.1) is 0 Å². The molecule has 0 spiro atoms. The zero-order chi connectivity index (χ0) is 15.9. The molecule has 0 saturated heterocycles. The summed E-state index contributed by atoms with van der Waals surface area (Å²) in [5.74, 6) is -2.44. The van der Waals surface area contributed by atoms with E-state index in [1.165, 1.54) is 18.2 Å². The van der Waals surface area contributed by atoms with E-state index in [1.807, 2.05) is 0 Å². The van der Waals surface area contributed by atoms with Gasteiger partial charge in [0.2, 0.25) is 0 Å². The van der Waals surface area contributed by atoms with Crippen LogP contribution in [0.2, 0.25) is 0 Å². The number of aliphatic carboxylic acids is 1. The van der Waals surface area contributed by atoms with Crippen molar-refractivity contribution >= 4 is 5.97 Å². The summed E-state index contributed by atoms with van der Waals surface area (Å²) in [6.07, 6.45) is -4.09. The number of carbonyl (C=O) groups is 1. The van der Waals surface area contributed by atoms with E-state index >= 15 is 0 Å². The van der Waals surface area contributed by atoms with Gasteiger partial charge >= 0.3 is 12.1 Å². The number of hydrogen-bond donors (Lipinski definition) is 1. The maximum Gasteiger partial charge on any atom is 0.411 e. The van der Waals surface area contributed by atoms with Crippen molar-refractivity contribution < 1.29 is 32.2 Å². The van der Waals surface area contributed by atoms with E-state index < -0.39 is 30.5 Å². The lowest BCUT2D eigenvalue weighted by Gasteiger charge is -2.13. The first-order valence-electron chi connectivity index (χ1n) is 6.40. The average Bonchev–Trinajstić information content (AvgIpc) is 2.37. The molecule has 0 aromatic heterocycles. The molecule has 0 aliphatic rings. The number of ether oxygens (including phenoxy) is 1. The minimum atomic E-state index is -4.39. The third-order valence-corrected chi connectivity index (χ3v) is 2.88. The van der Waals surface area contributed by atoms with Crippen molar-refractivity contribution in [3.05, 3.63) is 35.6 Å². The standard InChI is InChI=1S/C14H16F4O3/c15-12-6-2-1-4-10(12)8-11(13(19)20)5-3-7-21-9-14(16,17)18/h1-2,4,6,11H,3,5,7-9H2,(H,19,20). The van der Waals surface area contributed by atoms with Gasteiger partial charge in [-0.3, -0.25) is 4.79 Å². The Balaban J connectivity index is 2.41. The molecule has 0 fully saturated rings. The molecular formula is C14H16F4O3. The van der Waals surface area contributed by atoms with Crippen LogP contribution in [0.5, 0.6) is 0 Å². The topological polar surface area (TPSA) is 46.5 Å². The van der Waals surface area contributed by atoms with Crippen molar-refractivity contribution in [1.82, 2.24) is 0 Å². The highest BCUT2D eigenvalue weighted by Gasteiger charge is 2.27. The molecule has 1 aromatic carbocycles. The molecule has 0 amide bonds. The molecule has 0 saturated carbocycles. The lowest BCUT2D eigenvalue weighted by molar-refractivity contribution is -0.174. The average molecular weight is 308 g/mol. The highest BCUT2D eigenvalue weighted by molar-refractivity contribution is 5.70. The third-order valence-electron chi connectivity index (χ3n) is 2.88. The van der Waals surface area contributed by atoms with Crippen LogP contribution in [-0.2, 0) is 16.0 Å². The molecule has 1 unspecified atom stereocenters. The van der Waals surface area contributed by atoms with E-state index in [-0.39, 0.29) is 31.4 Å². The molecular weight excluding hydrogens is 292 g/mol. The molecule has 0 aliphatic carbocycles. The number of carboxylic acids is 1. The molecule has 0 heterocycles. The Morgan fingerprint density at radius 1 is 1.29 bits per heavy atom. The predicted molar refractivity (Wildman–Crippen MR) is 67.3 cm³/mol. The number of rotatable bonds is 8. The molecule has 0 bridgehead atoms. The monoisotopic (exact) mass is 308 g/mol. The maximum atomic E-state index is 13.4. The van der Waals surface area contributed by atoms with Crippen molar-refractivity contribution in [2.24, 2.45) is 5.92 Å². The van der Waals surface area contributed by atoms with Gasteiger partial charge in [-0.05, 0) is 30.9 Å². The Morgan fingerprint density at radius 2 is 1.95 bits per heavy atom. The number of alkyl halides is 3. The van der Waals surface area contributed by atoms with Gasteiger partial charge in [0.05, 0.1) is 5.92 Å². The van der Waals surface area contributed by atoms with Crippen LogP contribution in [0.4, 0.5) is 17.6 Å². The second-order valence-electron chi connectivity index (χ2n) is 4.64. The van der Waals surface area contributed by atoms with E-state index in [2.05, 4.69) is 4.74 Å². The minimum Gasteiger partial charge on any atom is -0.481 e. The van der Waals surface area contributed by atoms with Crippen molar-refractivity contribution in [1.29, 1.82) is 0 Å².